The second-order valence-electron chi connectivity index (χ2n) is 4.54. The Morgan fingerprint density at radius 2 is 2.14 bits per heavy atom. The van der Waals surface area contributed by atoms with Gasteiger partial charge < -0.3 is 9.84 Å². The number of carbonyl (C=O) groups is 1. The van der Waals surface area contributed by atoms with Gasteiger partial charge in [-0.15, -0.1) is 0 Å². The number of phenols is 1. The number of benzene rings is 2. The summed E-state index contributed by atoms with van der Waals surface area (Å²) in [6.07, 6.45) is 1.38. The monoisotopic (exact) mass is 362 g/mol. The van der Waals surface area contributed by atoms with Gasteiger partial charge in [0.25, 0.3) is 5.91 Å². The van der Waals surface area contributed by atoms with Crippen LogP contribution in [0.15, 0.2) is 46.0 Å². The maximum absolute atomic E-state index is 12.1. The molecule has 0 unspecified atom stereocenters. The molecule has 2 rings (SSSR count). The van der Waals surface area contributed by atoms with Crippen molar-refractivity contribution in [3.05, 3.63) is 57.6 Å². The molecule has 0 heterocycles. The van der Waals surface area contributed by atoms with Crippen LogP contribution in [0.1, 0.15) is 21.5 Å². The van der Waals surface area contributed by atoms with Crippen LogP contribution in [0.2, 0.25) is 0 Å². The molecule has 5 nitrogen and oxygen atoms in total. The van der Waals surface area contributed by atoms with Gasteiger partial charge in [-0.3, -0.25) is 4.79 Å². The van der Waals surface area contributed by atoms with Crippen LogP contribution >= 0.6 is 15.9 Å². The fourth-order valence-corrected chi connectivity index (χ4v) is 2.31. The number of hydrogen-bond acceptors (Lipinski definition) is 4. The minimum atomic E-state index is -0.345. The molecule has 0 aliphatic carbocycles. The maximum Gasteiger partial charge on any atom is 0.271 e. The van der Waals surface area contributed by atoms with Gasteiger partial charge >= 0.3 is 0 Å². The lowest BCUT2D eigenvalue weighted by Crippen LogP contribution is -2.19. The highest BCUT2D eigenvalue weighted by atomic mass is 79.9. The van der Waals surface area contributed by atoms with E-state index in [1.807, 2.05) is 0 Å². The number of hydrogen-bond donors (Lipinski definition) is 2. The quantitative estimate of drug-likeness (QED) is 0.647. The average Bonchev–Trinajstić information content (AvgIpc) is 2.50. The van der Waals surface area contributed by atoms with E-state index >= 15 is 0 Å². The van der Waals surface area contributed by atoms with Crippen LogP contribution in [0.5, 0.6) is 11.5 Å². The third kappa shape index (κ3) is 3.65. The number of methoxy groups -OCH3 is 1. The zero-order valence-electron chi connectivity index (χ0n) is 12.1. The maximum atomic E-state index is 12.1. The SMILES string of the molecule is COc1cccc(C(=O)N/N=C/c2cc(Br)ccc2O)c1C. The standard InChI is InChI=1S/C16H15BrN2O3/c1-10-13(4-3-5-15(10)22-2)16(21)19-18-9-11-8-12(17)6-7-14(11)20/h3-9,20H,1-2H3,(H,19,21)/b18-9+. The summed E-state index contributed by atoms with van der Waals surface area (Å²) in [5.74, 6) is 0.377. The molecule has 0 aliphatic heterocycles. The first-order valence-corrected chi connectivity index (χ1v) is 7.27. The summed E-state index contributed by atoms with van der Waals surface area (Å²) < 4.78 is 5.99. The lowest BCUT2D eigenvalue weighted by molar-refractivity contribution is 0.0954. The number of phenolic OH excluding ortho intramolecular Hbond substituents is 1. The number of hydrazone groups is 1. The highest BCUT2D eigenvalue weighted by Gasteiger charge is 2.11. The van der Waals surface area contributed by atoms with Crippen molar-refractivity contribution < 1.29 is 14.6 Å². The number of nitrogens with one attached hydrogen (secondary N) is 1. The summed E-state index contributed by atoms with van der Waals surface area (Å²) in [4.78, 5) is 12.1. The topological polar surface area (TPSA) is 70.9 Å². The van der Waals surface area contributed by atoms with Gasteiger partial charge in [0.2, 0.25) is 0 Å². The largest absolute Gasteiger partial charge is 0.507 e. The van der Waals surface area contributed by atoms with Crippen molar-refractivity contribution in [3.8, 4) is 11.5 Å². The normalized spacial score (nSPS) is 10.7. The van der Waals surface area contributed by atoms with Crippen LogP contribution in [0.4, 0.5) is 0 Å². The van der Waals surface area contributed by atoms with E-state index in [1.165, 1.54) is 6.21 Å². The van der Waals surface area contributed by atoms with Gasteiger partial charge in [-0.25, -0.2) is 5.43 Å². The van der Waals surface area contributed by atoms with E-state index in [2.05, 4.69) is 26.5 Å². The molecule has 0 saturated heterocycles. The van der Waals surface area contributed by atoms with Crippen molar-refractivity contribution in [1.29, 1.82) is 0 Å². The van der Waals surface area contributed by atoms with Crippen molar-refractivity contribution in [1.82, 2.24) is 5.43 Å². The van der Waals surface area contributed by atoms with Gasteiger partial charge in [-0.05, 0) is 37.3 Å². The van der Waals surface area contributed by atoms with Crippen LogP contribution in [-0.2, 0) is 0 Å². The molecular formula is C16H15BrN2O3. The van der Waals surface area contributed by atoms with Gasteiger partial charge in [0.15, 0.2) is 0 Å². The predicted molar refractivity (Wildman–Crippen MR) is 88.6 cm³/mol. The van der Waals surface area contributed by atoms with Crippen LogP contribution in [0.3, 0.4) is 0 Å². The summed E-state index contributed by atoms with van der Waals surface area (Å²) in [6, 6.07) is 10.2. The van der Waals surface area contributed by atoms with E-state index < -0.39 is 0 Å². The Balaban J connectivity index is 2.13. The minimum absolute atomic E-state index is 0.0822. The zero-order chi connectivity index (χ0) is 16.1. The van der Waals surface area contributed by atoms with E-state index in [-0.39, 0.29) is 11.7 Å². The highest BCUT2D eigenvalue weighted by Crippen LogP contribution is 2.21. The molecule has 0 fully saturated rings. The molecule has 0 bridgehead atoms. The van der Waals surface area contributed by atoms with Crippen molar-refractivity contribution in [2.24, 2.45) is 5.10 Å². The zero-order valence-corrected chi connectivity index (χ0v) is 13.7. The molecule has 0 aliphatic rings. The van der Waals surface area contributed by atoms with Gasteiger partial charge in [0, 0.05) is 21.2 Å². The van der Waals surface area contributed by atoms with Crippen LogP contribution < -0.4 is 10.2 Å². The number of aromatic hydroxyl groups is 1. The molecule has 1 amide bonds. The third-order valence-electron chi connectivity index (χ3n) is 3.11. The Morgan fingerprint density at radius 3 is 2.86 bits per heavy atom. The summed E-state index contributed by atoms with van der Waals surface area (Å²) in [5.41, 5.74) is 4.15. The van der Waals surface area contributed by atoms with Crippen LogP contribution in [0, 0.1) is 6.92 Å². The average molecular weight is 363 g/mol. The van der Waals surface area contributed by atoms with Crippen LogP contribution in [0.25, 0.3) is 0 Å². The lowest BCUT2D eigenvalue weighted by atomic mass is 10.1. The molecule has 0 spiro atoms. The molecule has 2 aromatic carbocycles. The van der Waals surface area contributed by atoms with Gasteiger partial charge in [-0.1, -0.05) is 22.0 Å². The highest BCUT2D eigenvalue weighted by molar-refractivity contribution is 9.10. The lowest BCUT2D eigenvalue weighted by Gasteiger charge is -2.08. The number of carbonyl (C=O) groups excluding carboxylic acids is 1. The number of ether oxygens (including phenoxy) is 1. The van der Waals surface area contributed by atoms with E-state index in [9.17, 15) is 9.90 Å². The van der Waals surface area contributed by atoms with Gasteiger partial charge in [-0.2, -0.15) is 5.10 Å². The van der Waals surface area contributed by atoms with E-state index in [0.717, 1.165) is 10.0 Å². The van der Waals surface area contributed by atoms with E-state index in [4.69, 9.17) is 4.74 Å². The van der Waals surface area contributed by atoms with Gasteiger partial charge in [0.05, 0.1) is 13.3 Å². The molecule has 6 heteroatoms. The molecular weight excluding hydrogens is 348 g/mol. The molecule has 22 heavy (non-hydrogen) atoms. The number of rotatable bonds is 4. The number of amides is 1. The summed E-state index contributed by atoms with van der Waals surface area (Å²) >= 11 is 3.31. The Hall–Kier alpha value is -2.34. The smallest absolute Gasteiger partial charge is 0.271 e. The summed E-state index contributed by atoms with van der Waals surface area (Å²) in [6.45, 7) is 1.80. The Morgan fingerprint density at radius 1 is 1.36 bits per heavy atom. The molecule has 2 aromatic rings. The second-order valence-corrected chi connectivity index (χ2v) is 5.45. The third-order valence-corrected chi connectivity index (χ3v) is 3.60. The number of halogens is 1. The first-order chi connectivity index (χ1) is 10.5. The fraction of sp³-hybridized carbons (Fsp3) is 0.125. The summed E-state index contributed by atoms with van der Waals surface area (Å²) in [5, 5.41) is 13.6. The van der Waals surface area contributed by atoms with E-state index in [0.29, 0.717) is 16.9 Å². The first kappa shape index (κ1) is 16.0. The molecule has 114 valence electrons. The second kappa shape index (κ2) is 7.09. The first-order valence-electron chi connectivity index (χ1n) is 6.48. The predicted octanol–water partition coefficient (Wildman–Crippen LogP) is 3.24. The van der Waals surface area contributed by atoms with E-state index in [1.54, 1.807) is 50.4 Å². The van der Waals surface area contributed by atoms with Crippen molar-refractivity contribution in [3.63, 3.8) is 0 Å². The Bertz CT molecular complexity index is 729. The summed E-state index contributed by atoms with van der Waals surface area (Å²) in [7, 11) is 1.55. The van der Waals surface area contributed by atoms with Crippen LogP contribution in [-0.4, -0.2) is 24.3 Å². The Labute approximate surface area is 136 Å². The molecule has 0 saturated carbocycles. The fourth-order valence-electron chi connectivity index (χ4n) is 1.93. The van der Waals surface area contributed by atoms with Crippen molar-refractivity contribution >= 4 is 28.1 Å². The number of nitrogens with zero attached hydrogens (tertiary/aromatic N) is 1. The minimum Gasteiger partial charge on any atom is -0.507 e. The molecule has 0 radical (unpaired) electrons. The van der Waals surface area contributed by atoms with Crippen molar-refractivity contribution in [2.75, 3.05) is 7.11 Å². The molecule has 0 aromatic heterocycles. The van der Waals surface area contributed by atoms with Gasteiger partial charge in [0.1, 0.15) is 11.5 Å². The molecule has 2 N–H and O–H groups in total. The van der Waals surface area contributed by atoms with Crippen molar-refractivity contribution in [2.45, 2.75) is 6.92 Å². The molecule has 0 atom stereocenters. The Kier molecular flexibility index (Phi) is 5.16.